The molecule has 1 aliphatic rings. The van der Waals surface area contributed by atoms with Gasteiger partial charge in [0.25, 0.3) is 5.60 Å². The summed E-state index contributed by atoms with van der Waals surface area (Å²) in [7, 11) is 0. The normalized spacial score (nSPS) is 21.3. The molecular weight excluding hydrogens is 484 g/mol. The van der Waals surface area contributed by atoms with Gasteiger partial charge in [-0.3, -0.25) is 14.4 Å². The second-order valence-electron chi connectivity index (χ2n) is 11.0. The molecule has 0 saturated heterocycles. The third-order valence-electron chi connectivity index (χ3n) is 5.92. The van der Waals surface area contributed by atoms with E-state index in [0.29, 0.717) is 19.3 Å². The number of rotatable bonds is 13. The van der Waals surface area contributed by atoms with Crippen LogP contribution in [0, 0.1) is 11.3 Å². The maximum Gasteiger partial charge on any atom is 0.407 e. The standard InChI is InChI=1S/C27H44O10/c1-8-10-12-15-21(29)36-37-24(32)26(35-23(31)25(5,6)7)16-13-17-27(26,33-20(28)14-11-9-2)34-22(30)18-19(3)4/h19H,8-18H2,1-7H3. The van der Waals surface area contributed by atoms with Gasteiger partial charge in [0.2, 0.25) is 0 Å². The van der Waals surface area contributed by atoms with Crippen LogP contribution >= 0.6 is 0 Å². The molecule has 0 spiro atoms. The van der Waals surface area contributed by atoms with Crippen LogP contribution in [0.25, 0.3) is 0 Å². The maximum atomic E-state index is 13.5. The second-order valence-corrected chi connectivity index (χ2v) is 11.0. The lowest BCUT2D eigenvalue weighted by atomic mass is 9.92. The van der Waals surface area contributed by atoms with E-state index in [2.05, 4.69) is 0 Å². The van der Waals surface area contributed by atoms with Crippen molar-refractivity contribution < 1.29 is 48.0 Å². The Hall–Kier alpha value is -2.65. The molecule has 0 aromatic rings. The predicted octanol–water partition coefficient (Wildman–Crippen LogP) is 5.10. The van der Waals surface area contributed by atoms with Gasteiger partial charge in [-0.2, -0.15) is 0 Å². The van der Waals surface area contributed by atoms with Gasteiger partial charge < -0.3 is 14.2 Å². The summed E-state index contributed by atoms with van der Waals surface area (Å²) in [5, 5.41) is 0. The summed E-state index contributed by atoms with van der Waals surface area (Å²) in [6.45, 7) is 12.2. The SMILES string of the molecule is CCCCCC(=O)OOC(=O)C1(OC(=O)C(C)(C)C)CCCC1(OC(=O)CCCC)OC(=O)CC(C)C. The summed E-state index contributed by atoms with van der Waals surface area (Å²) < 4.78 is 17.1. The molecule has 0 N–H and O–H groups in total. The molecule has 0 heterocycles. The largest absolute Gasteiger partial charge is 0.438 e. The Bertz CT molecular complexity index is 812. The summed E-state index contributed by atoms with van der Waals surface area (Å²) in [5.41, 5.74) is -3.41. The van der Waals surface area contributed by atoms with E-state index in [4.69, 9.17) is 24.0 Å². The van der Waals surface area contributed by atoms with Crippen molar-refractivity contribution in [2.75, 3.05) is 0 Å². The third-order valence-corrected chi connectivity index (χ3v) is 5.92. The monoisotopic (exact) mass is 528 g/mol. The molecule has 2 atom stereocenters. The first-order valence-electron chi connectivity index (χ1n) is 13.3. The topological polar surface area (TPSA) is 132 Å². The van der Waals surface area contributed by atoms with Crippen LogP contribution < -0.4 is 0 Å². The number of carbonyl (C=O) groups excluding carboxylic acids is 5. The van der Waals surface area contributed by atoms with Crippen LogP contribution in [0.4, 0.5) is 0 Å². The van der Waals surface area contributed by atoms with Gasteiger partial charge in [-0.05, 0) is 46.0 Å². The summed E-state index contributed by atoms with van der Waals surface area (Å²) in [6.07, 6.45) is 3.35. The Morgan fingerprint density at radius 2 is 1.35 bits per heavy atom. The highest BCUT2D eigenvalue weighted by Crippen LogP contribution is 2.48. The van der Waals surface area contributed by atoms with Gasteiger partial charge in [-0.25, -0.2) is 19.4 Å². The molecule has 10 heteroatoms. The van der Waals surface area contributed by atoms with Gasteiger partial charge >= 0.3 is 35.6 Å². The minimum absolute atomic E-state index is 0.00470. The van der Waals surface area contributed by atoms with E-state index >= 15 is 0 Å². The zero-order chi connectivity index (χ0) is 28.3. The van der Waals surface area contributed by atoms with E-state index in [1.54, 1.807) is 34.6 Å². The Morgan fingerprint density at radius 3 is 1.92 bits per heavy atom. The predicted molar refractivity (Wildman–Crippen MR) is 132 cm³/mol. The first-order chi connectivity index (χ1) is 17.2. The Balaban J connectivity index is 3.45. The maximum absolute atomic E-state index is 13.5. The van der Waals surface area contributed by atoms with E-state index in [9.17, 15) is 24.0 Å². The summed E-state index contributed by atoms with van der Waals surface area (Å²) in [5.74, 6) is -6.69. The number of hydrogen-bond donors (Lipinski definition) is 0. The van der Waals surface area contributed by atoms with Crippen LogP contribution in [-0.2, 0) is 48.0 Å². The van der Waals surface area contributed by atoms with Gasteiger partial charge in [0.15, 0.2) is 0 Å². The Labute approximate surface area is 220 Å². The van der Waals surface area contributed by atoms with Crippen LogP contribution in [0.3, 0.4) is 0 Å². The molecule has 212 valence electrons. The van der Waals surface area contributed by atoms with E-state index < -0.39 is 46.6 Å². The van der Waals surface area contributed by atoms with Crippen molar-refractivity contribution in [3.63, 3.8) is 0 Å². The highest BCUT2D eigenvalue weighted by molar-refractivity contribution is 5.88. The van der Waals surface area contributed by atoms with Crippen molar-refractivity contribution in [1.29, 1.82) is 0 Å². The van der Waals surface area contributed by atoms with Crippen LogP contribution in [0.5, 0.6) is 0 Å². The molecule has 0 radical (unpaired) electrons. The van der Waals surface area contributed by atoms with Crippen molar-refractivity contribution in [1.82, 2.24) is 0 Å². The Kier molecular flexibility index (Phi) is 12.5. The first kappa shape index (κ1) is 32.4. The van der Waals surface area contributed by atoms with Gasteiger partial charge in [-0.15, -0.1) is 0 Å². The van der Waals surface area contributed by atoms with Crippen molar-refractivity contribution in [2.24, 2.45) is 11.3 Å². The van der Waals surface area contributed by atoms with Gasteiger partial charge in [-0.1, -0.05) is 47.0 Å². The molecule has 0 aromatic heterocycles. The molecule has 1 aliphatic carbocycles. The quantitative estimate of drug-likeness (QED) is 0.105. The van der Waals surface area contributed by atoms with Crippen molar-refractivity contribution in [2.45, 2.75) is 130 Å². The molecule has 0 amide bonds. The van der Waals surface area contributed by atoms with E-state index in [0.717, 1.165) is 12.8 Å². The van der Waals surface area contributed by atoms with Crippen molar-refractivity contribution >= 4 is 29.8 Å². The van der Waals surface area contributed by atoms with Crippen molar-refractivity contribution in [3.05, 3.63) is 0 Å². The lowest BCUT2D eigenvalue weighted by Crippen LogP contribution is -2.63. The van der Waals surface area contributed by atoms with Crippen LogP contribution in [0.2, 0.25) is 0 Å². The molecule has 0 bridgehead atoms. The average Bonchev–Trinajstić information content (AvgIpc) is 3.12. The van der Waals surface area contributed by atoms with Crippen molar-refractivity contribution in [3.8, 4) is 0 Å². The summed E-state index contributed by atoms with van der Waals surface area (Å²) in [6, 6.07) is 0. The number of unbranched alkanes of at least 4 members (excludes halogenated alkanes) is 3. The molecule has 1 saturated carbocycles. The number of ether oxygens (including phenoxy) is 3. The molecule has 0 aliphatic heterocycles. The molecule has 1 fully saturated rings. The number of esters is 3. The van der Waals surface area contributed by atoms with Gasteiger partial charge in [0.1, 0.15) is 0 Å². The highest BCUT2D eigenvalue weighted by Gasteiger charge is 2.71. The molecule has 37 heavy (non-hydrogen) atoms. The van der Waals surface area contributed by atoms with E-state index in [1.807, 2.05) is 13.8 Å². The minimum atomic E-state index is -2.35. The third kappa shape index (κ3) is 9.31. The first-order valence-corrected chi connectivity index (χ1v) is 13.3. The lowest BCUT2D eigenvalue weighted by Gasteiger charge is -2.41. The van der Waals surface area contributed by atoms with Crippen LogP contribution in [0.15, 0.2) is 0 Å². The fraction of sp³-hybridized carbons (Fsp3) is 0.815. The lowest BCUT2D eigenvalue weighted by molar-refractivity contribution is -0.312. The smallest absolute Gasteiger partial charge is 0.407 e. The average molecular weight is 529 g/mol. The fourth-order valence-electron chi connectivity index (χ4n) is 3.82. The minimum Gasteiger partial charge on any atom is -0.438 e. The van der Waals surface area contributed by atoms with Crippen LogP contribution in [0.1, 0.15) is 119 Å². The number of hydrogen-bond acceptors (Lipinski definition) is 10. The molecule has 0 aromatic carbocycles. The second kappa shape index (κ2) is 14.3. The van der Waals surface area contributed by atoms with Gasteiger partial charge in [0, 0.05) is 25.7 Å². The molecule has 10 nitrogen and oxygen atoms in total. The molecule has 2 unspecified atom stereocenters. The van der Waals surface area contributed by atoms with E-state index in [-0.39, 0.29) is 44.4 Å². The highest BCUT2D eigenvalue weighted by atomic mass is 17.2. The zero-order valence-corrected chi connectivity index (χ0v) is 23.4. The van der Waals surface area contributed by atoms with Crippen LogP contribution in [-0.4, -0.2) is 41.2 Å². The summed E-state index contributed by atoms with van der Waals surface area (Å²) >= 11 is 0. The number of carbonyl (C=O) groups is 5. The van der Waals surface area contributed by atoms with E-state index in [1.165, 1.54) is 0 Å². The molecular formula is C27H44O10. The van der Waals surface area contributed by atoms with Gasteiger partial charge in [0.05, 0.1) is 11.8 Å². The zero-order valence-electron chi connectivity index (χ0n) is 23.4. The molecule has 1 rings (SSSR count). The fourth-order valence-corrected chi connectivity index (χ4v) is 3.82. The summed E-state index contributed by atoms with van der Waals surface area (Å²) in [4.78, 5) is 73.9. The Morgan fingerprint density at radius 1 is 0.757 bits per heavy atom.